The lowest BCUT2D eigenvalue weighted by atomic mass is 10.2. The summed E-state index contributed by atoms with van der Waals surface area (Å²) in [7, 11) is 0. The number of morpholine rings is 1. The van der Waals surface area contributed by atoms with Gasteiger partial charge in [-0.3, -0.25) is 9.78 Å². The first-order valence-corrected chi connectivity index (χ1v) is 8.29. The number of nitrogens with zero attached hydrogens (tertiary/aromatic N) is 2. The Morgan fingerprint density at radius 2 is 2.04 bits per heavy atom. The number of rotatable bonds is 3. The number of nitrogens with one attached hydrogen (secondary N) is 1. The average molecular weight is 376 g/mol. The molecule has 1 fully saturated rings. The van der Waals surface area contributed by atoms with Gasteiger partial charge in [-0.05, 0) is 52.7 Å². The fraction of sp³-hybridized carbons (Fsp3) is 0.294. The molecule has 1 aromatic carbocycles. The molecule has 5 nitrogen and oxygen atoms in total. The van der Waals surface area contributed by atoms with E-state index in [1.54, 1.807) is 17.2 Å². The molecule has 2 aromatic rings. The molecule has 1 N–H and O–H groups in total. The summed E-state index contributed by atoms with van der Waals surface area (Å²) in [4.78, 5) is 18.5. The summed E-state index contributed by atoms with van der Waals surface area (Å²) < 4.78 is 6.26. The Balaban J connectivity index is 1.78. The Labute approximate surface area is 143 Å². The second-order valence-electron chi connectivity index (χ2n) is 5.44. The molecule has 0 atom stereocenters. The van der Waals surface area contributed by atoms with Gasteiger partial charge >= 0.3 is 0 Å². The van der Waals surface area contributed by atoms with E-state index in [2.05, 4.69) is 26.2 Å². The van der Waals surface area contributed by atoms with Crippen LogP contribution in [0.1, 0.15) is 16.1 Å². The van der Waals surface area contributed by atoms with Gasteiger partial charge in [0.15, 0.2) is 0 Å². The zero-order chi connectivity index (χ0) is 16.2. The molecule has 0 spiro atoms. The van der Waals surface area contributed by atoms with Crippen molar-refractivity contribution in [3.05, 3.63) is 52.3 Å². The highest BCUT2D eigenvalue weighted by atomic mass is 79.9. The maximum absolute atomic E-state index is 12.5. The fourth-order valence-corrected chi connectivity index (χ4v) is 3.02. The van der Waals surface area contributed by atoms with Crippen LogP contribution in [0.5, 0.6) is 0 Å². The maximum Gasteiger partial charge on any atom is 0.272 e. The molecular formula is C17H18BrN3O2. The SMILES string of the molecule is Cc1ccc(Nc2ccnc(C(=O)N3CCOCC3)c2)c(Br)c1. The molecule has 6 heteroatoms. The standard InChI is InChI=1S/C17H18BrN3O2/c1-12-2-3-15(14(18)10-12)20-13-4-5-19-16(11-13)17(22)21-6-8-23-9-7-21/h2-5,10-11H,6-9H2,1H3,(H,19,20). The van der Waals surface area contributed by atoms with Crippen molar-refractivity contribution >= 4 is 33.2 Å². The monoisotopic (exact) mass is 375 g/mol. The Kier molecular flexibility index (Phi) is 4.93. The minimum Gasteiger partial charge on any atom is -0.378 e. The number of halogens is 1. The molecule has 0 unspecified atom stereocenters. The molecule has 0 radical (unpaired) electrons. The Bertz CT molecular complexity index is 715. The quantitative estimate of drug-likeness (QED) is 0.893. The third-order valence-electron chi connectivity index (χ3n) is 3.68. The van der Waals surface area contributed by atoms with E-state index in [9.17, 15) is 4.79 Å². The predicted octanol–water partition coefficient (Wildman–Crippen LogP) is 3.37. The average Bonchev–Trinajstić information content (AvgIpc) is 2.58. The Morgan fingerprint density at radius 1 is 1.26 bits per heavy atom. The Hall–Kier alpha value is -1.92. The lowest BCUT2D eigenvalue weighted by Crippen LogP contribution is -2.41. The number of pyridine rings is 1. The van der Waals surface area contributed by atoms with Crippen LogP contribution >= 0.6 is 15.9 Å². The Morgan fingerprint density at radius 3 is 2.78 bits per heavy atom. The molecule has 1 amide bonds. The zero-order valence-electron chi connectivity index (χ0n) is 12.9. The molecule has 0 bridgehead atoms. The van der Waals surface area contributed by atoms with Crippen LogP contribution in [-0.4, -0.2) is 42.1 Å². The van der Waals surface area contributed by atoms with Gasteiger partial charge in [0.25, 0.3) is 5.91 Å². The molecule has 3 rings (SSSR count). The van der Waals surface area contributed by atoms with Crippen LogP contribution in [0, 0.1) is 6.92 Å². The van der Waals surface area contributed by atoms with E-state index < -0.39 is 0 Å². The van der Waals surface area contributed by atoms with Crippen LogP contribution in [0.2, 0.25) is 0 Å². The van der Waals surface area contributed by atoms with Crippen LogP contribution < -0.4 is 5.32 Å². The van der Waals surface area contributed by atoms with Crippen LogP contribution in [0.4, 0.5) is 11.4 Å². The van der Waals surface area contributed by atoms with E-state index in [4.69, 9.17) is 4.74 Å². The number of aryl methyl sites for hydroxylation is 1. The van der Waals surface area contributed by atoms with Gasteiger partial charge < -0.3 is 15.0 Å². The smallest absolute Gasteiger partial charge is 0.272 e. The van der Waals surface area contributed by atoms with Crippen LogP contribution in [0.25, 0.3) is 0 Å². The summed E-state index contributed by atoms with van der Waals surface area (Å²) in [5.41, 5.74) is 3.41. The van der Waals surface area contributed by atoms with Crippen molar-refractivity contribution in [1.82, 2.24) is 9.88 Å². The maximum atomic E-state index is 12.5. The number of hydrogen-bond donors (Lipinski definition) is 1. The number of hydrogen-bond acceptors (Lipinski definition) is 4. The fourth-order valence-electron chi connectivity index (χ4n) is 2.43. The summed E-state index contributed by atoms with van der Waals surface area (Å²) >= 11 is 3.55. The number of anilines is 2. The molecular weight excluding hydrogens is 358 g/mol. The first-order chi connectivity index (χ1) is 11.1. The van der Waals surface area contributed by atoms with Crippen molar-refractivity contribution < 1.29 is 9.53 Å². The summed E-state index contributed by atoms with van der Waals surface area (Å²) in [6, 6.07) is 9.72. The van der Waals surface area contributed by atoms with E-state index in [1.807, 2.05) is 31.2 Å². The normalized spacial score (nSPS) is 14.6. The number of ether oxygens (including phenoxy) is 1. The third-order valence-corrected chi connectivity index (χ3v) is 4.34. The predicted molar refractivity (Wildman–Crippen MR) is 93.1 cm³/mol. The number of carbonyl (C=O) groups excluding carboxylic acids is 1. The van der Waals surface area contributed by atoms with Gasteiger partial charge in [0.05, 0.1) is 18.9 Å². The van der Waals surface area contributed by atoms with Gasteiger partial charge in [0, 0.05) is 29.4 Å². The van der Waals surface area contributed by atoms with E-state index in [0.717, 1.165) is 15.8 Å². The minimum absolute atomic E-state index is 0.0556. The van der Waals surface area contributed by atoms with E-state index in [-0.39, 0.29) is 5.91 Å². The summed E-state index contributed by atoms with van der Waals surface area (Å²) in [5, 5.41) is 3.32. The van der Waals surface area contributed by atoms with Gasteiger partial charge in [-0.25, -0.2) is 0 Å². The second-order valence-corrected chi connectivity index (χ2v) is 6.30. The van der Waals surface area contributed by atoms with E-state index in [1.165, 1.54) is 5.56 Å². The lowest BCUT2D eigenvalue weighted by molar-refractivity contribution is 0.0299. The van der Waals surface area contributed by atoms with Crippen LogP contribution in [0.3, 0.4) is 0 Å². The zero-order valence-corrected chi connectivity index (χ0v) is 14.5. The van der Waals surface area contributed by atoms with Crippen molar-refractivity contribution in [1.29, 1.82) is 0 Å². The largest absolute Gasteiger partial charge is 0.378 e. The topological polar surface area (TPSA) is 54.5 Å². The molecule has 1 aliphatic heterocycles. The van der Waals surface area contributed by atoms with Crippen LogP contribution in [-0.2, 0) is 4.74 Å². The summed E-state index contributed by atoms with van der Waals surface area (Å²) in [6.45, 7) is 4.43. The van der Waals surface area contributed by atoms with E-state index >= 15 is 0 Å². The van der Waals surface area contributed by atoms with Crippen molar-refractivity contribution in [2.24, 2.45) is 0 Å². The molecule has 0 aliphatic carbocycles. The first kappa shape index (κ1) is 16.0. The first-order valence-electron chi connectivity index (χ1n) is 7.50. The molecule has 2 heterocycles. The van der Waals surface area contributed by atoms with Gasteiger partial charge in [-0.15, -0.1) is 0 Å². The molecule has 1 aliphatic rings. The summed E-state index contributed by atoms with van der Waals surface area (Å²) in [5.74, 6) is -0.0556. The molecule has 1 aromatic heterocycles. The van der Waals surface area contributed by atoms with Crippen LogP contribution in [0.15, 0.2) is 41.0 Å². The number of aromatic nitrogens is 1. The van der Waals surface area contributed by atoms with E-state index in [0.29, 0.717) is 32.0 Å². The highest BCUT2D eigenvalue weighted by Crippen LogP contribution is 2.27. The number of benzene rings is 1. The van der Waals surface area contributed by atoms with Gasteiger partial charge in [0.1, 0.15) is 5.69 Å². The van der Waals surface area contributed by atoms with Crippen molar-refractivity contribution in [3.8, 4) is 0 Å². The number of amides is 1. The summed E-state index contributed by atoms with van der Waals surface area (Å²) in [6.07, 6.45) is 1.65. The van der Waals surface area contributed by atoms with Crippen molar-refractivity contribution in [2.45, 2.75) is 6.92 Å². The molecule has 0 saturated carbocycles. The molecule has 23 heavy (non-hydrogen) atoms. The number of carbonyl (C=O) groups is 1. The molecule has 1 saturated heterocycles. The lowest BCUT2D eigenvalue weighted by Gasteiger charge is -2.26. The minimum atomic E-state index is -0.0556. The van der Waals surface area contributed by atoms with Gasteiger partial charge in [0.2, 0.25) is 0 Å². The highest BCUT2D eigenvalue weighted by molar-refractivity contribution is 9.10. The highest BCUT2D eigenvalue weighted by Gasteiger charge is 2.19. The van der Waals surface area contributed by atoms with Gasteiger partial charge in [-0.1, -0.05) is 6.07 Å². The second kappa shape index (κ2) is 7.10. The molecule has 120 valence electrons. The third kappa shape index (κ3) is 3.89. The van der Waals surface area contributed by atoms with Crippen molar-refractivity contribution in [2.75, 3.05) is 31.6 Å². The van der Waals surface area contributed by atoms with Crippen molar-refractivity contribution in [3.63, 3.8) is 0 Å². The van der Waals surface area contributed by atoms with Gasteiger partial charge in [-0.2, -0.15) is 0 Å².